The Kier molecular flexibility index (Phi) is 4.95. The Morgan fingerprint density at radius 2 is 2.06 bits per heavy atom. The van der Waals surface area contributed by atoms with E-state index in [0.717, 1.165) is 26.2 Å². The Labute approximate surface area is 103 Å². The lowest BCUT2D eigenvalue weighted by Gasteiger charge is -2.42. The van der Waals surface area contributed by atoms with Crippen LogP contribution in [0.3, 0.4) is 0 Å². The summed E-state index contributed by atoms with van der Waals surface area (Å²) in [5, 5.41) is 0. The van der Waals surface area contributed by atoms with E-state index in [-0.39, 0.29) is 5.54 Å². The van der Waals surface area contributed by atoms with Crippen molar-refractivity contribution >= 4 is 11.8 Å². The Hall–Kier alpha value is 0.230. The topological polar surface area (TPSA) is 38.5 Å². The molecule has 94 valence electrons. The molecule has 0 radical (unpaired) electrons. The molecule has 0 aliphatic carbocycles. The van der Waals surface area contributed by atoms with E-state index in [9.17, 15) is 0 Å². The first-order chi connectivity index (χ1) is 7.87. The number of rotatable bonds is 2. The van der Waals surface area contributed by atoms with Crippen molar-refractivity contribution < 1.29 is 4.74 Å². The molecule has 0 saturated carbocycles. The van der Waals surface area contributed by atoms with Gasteiger partial charge in [-0.3, -0.25) is 4.90 Å². The summed E-state index contributed by atoms with van der Waals surface area (Å²) in [6.45, 7) is 5.04. The summed E-state index contributed by atoms with van der Waals surface area (Å²) in [5.74, 6) is 2.58. The van der Waals surface area contributed by atoms with Crippen molar-refractivity contribution in [3.05, 3.63) is 0 Å². The van der Waals surface area contributed by atoms with Gasteiger partial charge in [0.15, 0.2) is 0 Å². The maximum absolute atomic E-state index is 6.09. The van der Waals surface area contributed by atoms with E-state index in [0.29, 0.717) is 0 Å². The summed E-state index contributed by atoms with van der Waals surface area (Å²) in [4.78, 5) is 2.65. The third kappa shape index (κ3) is 2.92. The van der Waals surface area contributed by atoms with Crippen LogP contribution in [-0.2, 0) is 4.74 Å². The van der Waals surface area contributed by atoms with E-state index >= 15 is 0 Å². The third-order valence-electron chi connectivity index (χ3n) is 3.92. The van der Waals surface area contributed by atoms with Crippen molar-refractivity contribution in [1.82, 2.24) is 4.90 Å². The van der Waals surface area contributed by atoms with E-state index in [4.69, 9.17) is 10.5 Å². The molecule has 2 aliphatic heterocycles. The van der Waals surface area contributed by atoms with E-state index < -0.39 is 0 Å². The average molecular weight is 244 g/mol. The zero-order valence-electron chi connectivity index (χ0n) is 10.1. The fraction of sp³-hybridized carbons (Fsp3) is 1.00. The molecule has 0 spiro atoms. The Morgan fingerprint density at radius 1 is 1.12 bits per heavy atom. The molecular formula is C12H24N2OS. The second-order valence-electron chi connectivity index (χ2n) is 4.85. The highest BCUT2D eigenvalue weighted by molar-refractivity contribution is 7.99. The van der Waals surface area contributed by atoms with E-state index in [1.807, 2.05) is 0 Å². The molecule has 2 N–H and O–H groups in total. The van der Waals surface area contributed by atoms with Crippen molar-refractivity contribution in [2.45, 2.75) is 31.2 Å². The molecule has 4 heteroatoms. The first kappa shape index (κ1) is 12.7. The summed E-state index contributed by atoms with van der Waals surface area (Å²) >= 11 is 2.08. The SMILES string of the molecule is NCC1(N2CCCSCC2)CCCOCC1. The molecule has 0 amide bonds. The quantitative estimate of drug-likeness (QED) is 0.795. The number of ether oxygens (including phenoxy) is 1. The Morgan fingerprint density at radius 3 is 2.94 bits per heavy atom. The van der Waals surface area contributed by atoms with Crippen LogP contribution in [0.4, 0.5) is 0 Å². The van der Waals surface area contributed by atoms with Crippen molar-refractivity contribution in [2.75, 3.05) is 44.4 Å². The van der Waals surface area contributed by atoms with Crippen LogP contribution >= 0.6 is 11.8 Å². The molecule has 2 fully saturated rings. The maximum Gasteiger partial charge on any atom is 0.0484 e. The lowest BCUT2D eigenvalue weighted by molar-refractivity contribution is 0.0737. The van der Waals surface area contributed by atoms with Crippen LogP contribution in [0.2, 0.25) is 0 Å². The van der Waals surface area contributed by atoms with Crippen LogP contribution in [0.1, 0.15) is 25.7 Å². The van der Waals surface area contributed by atoms with Gasteiger partial charge in [0.25, 0.3) is 0 Å². The highest BCUT2D eigenvalue weighted by atomic mass is 32.2. The van der Waals surface area contributed by atoms with Crippen LogP contribution in [0.5, 0.6) is 0 Å². The molecule has 1 atom stereocenters. The minimum absolute atomic E-state index is 0.237. The van der Waals surface area contributed by atoms with Crippen LogP contribution in [0.15, 0.2) is 0 Å². The molecule has 2 aliphatic rings. The molecule has 2 rings (SSSR count). The van der Waals surface area contributed by atoms with E-state index in [2.05, 4.69) is 16.7 Å². The van der Waals surface area contributed by atoms with Crippen LogP contribution in [0.25, 0.3) is 0 Å². The number of nitrogens with two attached hydrogens (primary N) is 1. The molecule has 16 heavy (non-hydrogen) atoms. The summed E-state index contributed by atoms with van der Waals surface area (Å²) in [6.07, 6.45) is 4.82. The van der Waals surface area contributed by atoms with Gasteiger partial charge >= 0.3 is 0 Å². The second-order valence-corrected chi connectivity index (χ2v) is 6.07. The lowest BCUT2D eigenvalue weighted by atomic mass is 9.88. The smallest absolute Gasteiger partial charge is 0.0484 e. The van der Waals surface area contributed by atoms with Gasteiger partial charge in [-0.05, 0) is 38.0 Å². The molecule has 0 aromatic heterocycles. The Bertz CT molecular complexity index is 197. The van der Waals surface area contributed by atoms with Crippen molar-refractivity contribution in [1.29, 1.82) is 0 Å². The van der Waals surface area contributed by atoms with Gasteiger partial charge < -0.3 is 10.5 Å². The summed E-state index contributed by atoms with van der Waals surface area (Å²) in [7, 11) is 0. The predicted molar refractivity (Wildman–Crippen MR) is 70.0 cm³/mol. The third-order valence-corrected chi connectivity index (χ3v) is 4.96. The minimum atomic E-state index is 0.237. The monoisotopic (exact) mass is 244 g/mol. The highest BCUT2D eigenvalue weighted by Crippen LogP contribution is 2.29. The fourth-order valence-corrected chi connectivity index (χ4v) is 3.75. The van der Waals surface area contributed by atoms with Crippen LogP contribution in [-0.4, -0.2) is 54.8 Å². The first-order valence-corrected chi connectivity index (χ1v) is 7.63. The standard InChI is InChI=1S/C12H24N2OS/c13-11-12(3-1-7-15-8-4-12)14-5-2-9-16-10-6-14/h1-11,13H2. The molecule has 2 heterocycles. The second kappa shape index (κ2) is 6.24. The van der Waals surface area contributed by atoms with Gasteiger partial charge in [0.05, 0.1) is 0 Å². The van der Waals surface area contributed by atoms with Crippen molar-refractivity contribution in [3.8, 4) is 0 Å². The van der Waals surface area contributed by atoms with Crippen molar-refractivity contribution in [3.63, 3.8) is 0 Å². The predicted octanol–water partition coefficient (Wildman–Crippen LogP) is 1.32. The number of nitrogens with zero attached hydrogens (tertiary/aromatic N) is 1. The summed E-state index contributed by atoms with van der Waals surface area (Å²) < 4.78 is 5.59. The normalized spacial score (nSPS) is 34.3. The van der Waals surface area contributed by atoms with Gasteiger partial charge in [-0.2, -0.15) is 11.8 Å². The molecule has 0 aromatic carbocycles. The Balaban J connectivity index is 2.04. The number of hydrogen-bond donors (Lipinski definition) is 1. The molecule has 2 saturated heterocycles. The zero-order valence-corrected chi connectivity index (χ0v) is 10.9. The van der Waals surface area contributed by atoms with Crippen molar-refractivity contribution in [2.24, 2.45) is 5.73 Å². The largest absolute Gasteiger partial charge is 0.381 e. The van der Waals surface area contributed by atoms with Gasteiger partial charge in [0.1, 0.15) is 0 Å². The molecule has 1 unspecified atom stereocenters. The van der Waals surface area contributed by atoms with E-state index in [1.165, 1.54) is 43.9 Å². The fourth-order valence-electron chi connectivity index (χ4n) is 2.86. The van der Waals surface area contributed by atoms with E-state index in [1.54, 1.807) is 0 Å². The summed E-state index contributed by atoms with van der Waals surface area (Å²) in [5.41, 5.74) is 6.32. The molecule has 3 nitrogen and oxygen atoms in total. The van der Waals surface area contributed by atoms with Gasteiger partial charge in [-0.25, -0.2) is 0 Å². The lowest BCUT2D eigenvalue weighted by Crippen LogP contribution is -2.54. The molecular weight excluding hydrogens is 220 g/mol. The average Bonchev–Trinajstić information content (AvgIpc) is 2.72. The molecule has 0 bridgehead atoms. The van der Waals surface area contributed by atoms with Gasteiger partial charge in [0, 0.05) is 37.6 Å². The number of thioether (sulfide) groups is 1. The minimum Gasteiger partial charge on any atom is -0.381 e. The summed E-state index contributed by atoms with van der Waals surface area (Å²) in [6, 6.07) is 0. The first-order valence-electron chi connectivity index (χ1n) is 6.48. The van der Waals surface area contributed by atoms with Crippen LogP contribution < -0.4 is 5.73 Å². The van der Waals surface area contributed by atoms with Gasteiger partial charge in [0.2, 0.25) is 0 Å². The maximum atomic E-state index is 6.09. The van der Waals surface area contributed by atoms with Crippen LogP contribution in [0, 0.1) is 0 Å². The highest BCUT2D eigenvalue weighted by Gasteiger charge is 2.36. The molecule has 0 aromatic rings. The zero-order chi connectivity index (χ0) is 11.3. The van der Waals surface area contributed by atoms with Gasteiger partial charge in [-0.1, -0.05) is 0 Å². The number of hydrogen-bond acceptors (Lipinski definition) is 4. The van der Waals surface area contributed by atoms with Gasteiger partial charge in [-0.15, -0.1) is 0 Å².